The first-order valence-electron chi connectivity index (χ1n) is 13.9. The Balaban J connectivity index is 0.983. The van der Waals surface area contributed by atoms with Crippen LogP contribution in [0.15, 0.2) is 36.5 Å². The van der Waals surface area contributed by atoms with Crippen LogP contribution in [0.4, 0.5) is 10.6 Å². The highest BCUT2D eigenvalue weighted by Crippen LogP contribution is 2.42. The Kier molecular flexibility index (Phi) is 6.80. The zero-order chi connectivity index (χ0) is 27.0. The van der Waals surface area contributed by atoms with E-state index in [1.807, 2.05) is 24.3 Å². The molecule has 2 N–H and O–H groups in total. The molecular formula is C29H33N5O5. The molecule has 4 aliphatic heterocycles. The van der Waals surface area contributed by atoms with Crippen molar-refractivity contribution >= 4 is 29.6 Å². The van der Waals surface area contributed by atoms with Crippen LogP contribution in [0.1, 0.15) is 72.0 Å². The summed E-state index contributed by atoms with van der Waals surface area (Å²) in [7, 11) is 0. The standard InChI is InChI=1S/C29H33N5O5/c35-24-11-10-23(26(36)31-24)34-18-21-19(7-4-8-20(21)27(34)37)6-2-1-3-15-33-16-12-29(13-17-33)22-9-5-14-30-25(22)32-28(38)39-29/h4-5,7-9,14,23H,1-3,6,10-13,15-18H2,(H,30,32,38)(H,31,35,36). The van der Waals surface area contributed by atoms with Gasteiger partial charge in [-0.1, -0.05) is 18.6 Å². The summed E-state index contributed by atoms with van der Waals surface area (Å²) in [6.45, 7) is 3.15. The molecule has 2 aromatic rings. The van der Waals surface area contributed by atoms with Gasteiger partial charge in [-0.05, 0) is 61.6 Å². The number of benzene rings is 1. The molecule has 1 spiro atoms. The number of rotatable bonds is 7. The fourth-order valence-corrected chi connectivity index (χ4v) is 6.45. The van der Waals surface area contributed by atoms with E-state index in [0.29, 0.717) is 24.3 Å². The average molecular weight is 532 g/mol. The molecule has 39 heavy (non-hydrogen) atoms. The molecule has 6 rings (SSSR count). The second kappa shape index (κ2) is 10.4. The van der Waals surface area contributed by atoms with Gasteiger partial charge in [-0.15, -0.1) is 0 Å². The van der Waals surface area contributed by atoms with E-state index in [2.05, 4.69) is 26.6 Å². The van der Waals surface area contributed by atoms with Gasteiger partial charge in [0.2, 0.25) is 11.8 Å². The van der Waals surface area contributed by atoms with E-state index >= 15 is 0 Å². The molecule has 1 unspecified atom stereocenters. The van der Waals surface area contributed by atoms with Crippen LogP contribution < -0.4 is 10.6 Å². The number of pyridine rings is 1. The molecule has 0 saturated carbocycles. The third kappa shape index (κ3) is 4.89. The molecule has 1 aromatic heterocycles. The summed E-state index contributed by atoms with van der Waals surface area (Å²) in [5.41, 5.74) is 3.23. The molecule has 5 heterocycles. The van der Waals surface area contributed by atoms with Crippen LogP contribution in [-0.2, 0) is 32.9 Å². The highest BCUT2D eigenvalue weighted by Gasteiger charge is 2.45. The maximum atomic E-state index is 13.0. The fourth-order valence-electron chi connectivity index (χ4n) is 6.45. The second-order valence-corrected chi connectivity index (χ2v) is 10.9. The van der Waals surface area contributed by atoms with Crippen molar-refractivity contribution in [3.63, 3.8) is 0 Å². The Bertz CT molecular complexity index is 1320. The Morgan fingerprint density at radius 2 is 1.85 bits per heavy atom. The lowest BCUT2D eigenvalue weighted by Crippen LogP contribution is -2.52. The van der Waals surface area contributed by atoms with Crippen molar-refractivity contribution in [1.82, 2.24) is 20.1 Å². The number of likely N-dealkylation sites (tertiary alicyclic amines) is 1. The summed E-state index contributed by atoms with van der Waals surface area (Å²) in [4.78, 5) is 57.4. The van der Waals surface area contributed by atoms with E-state index in [4.69, 9.17) is 4.74 Å². The fraction of sp³-hybridized carbons (Fsp3) is 0.483. The van der Waals surface area contributed by atoms with Crippen molar-refractivity contribution in [2.75, 3.05) is 25.0 Å². The molecule has 2 fully saturated rings. The van der Waals surface area contributed by atoms with E-state index in [1.165, 1.54) is 0 Å². The number of nitrogens with zero attached hydrogens (tertiary/aromatic N) is 3. The summed E-state index contributed by atoms with van der Waals surface area (Å²) in [6, 6.07) is 9.14. The smallest absolute Gasteiger partial charge is 0.413 e. The topological polar surface area (TPSA) is 121 Å². The average Bonchev–Trinajstić information content (AvgIpc) is 3.26. The van der Waals surface area contributed by atoms with Crippen molar-refractivity contribution in [1.29, 1.82) is 0 Å². The molecule has 0 radical (unpaired) electrons. The number of nitrogens with one attached hydrogen (secondary N) is 2. The molecule has 4 aliphatic rings. The lowest BCUT2D eigenvalue weighted by atomic mass is 9.83. The first-order valence-corrected chi connectivity index (χ1v) is 13.9. The molecule has 1 atom stereocenters. The van der Waals surface area contributed by atoms with Crippen LogP contribution in [0, 0.1) is 0 Å². The number of fused-ring (bicyclic) bond motifs is 3. The third-order valence-electron chi connectivity index (χ3n) is 8.57. The van der Waals surface area contributed by atoms with E-state index in [9.17, 15) is 19.2 Å². The van der Waals surface area contributed by atoms with E-state index < -0.39 is 17.7 Å². The number of ether oxygens (including phenoxy) is 1. The number of aromatic nitrogens is 1. The highest BCUT2D eigenvalue weighted by atomic mass is 16.6. The SMILES string of the molecule is O=C1CCC(N2Cc3c(CCCCCN4CCC5(CC4)OC(=O)Nc4ncccc45)cccc3C2=O)C(=O)N1. The van der Waals surface area contributed by atoms with Crippen LogP contribution in [0.25, 0.3) is 0 Å². The van der Waals surface area contributed by atoms with E-state index in [0.717, 1.165) is 74.8 Å². The maximum Gasteiger partial charge on any atom is 0.413 e. The van der Waals surface area contributed by atoms with Crippen molar-refractivity contribution < 1.29 is 23.9 Å². The van der Waals surface area contributed by atoms with Crippen LogP contribution in [0.3, 0.4) is 0 Å². The largest absolute Gasteiger partial charge is 0.438 e. The number of aryl methyl sites for hydroxylation is 1. The van der Waals surface area contributed by atoms with Gasteiger partial charge in [0.25, 0.3) is 5.91 Å². The number of hydrogen-bond acceptors (Lipinski definition) is 7. The molecule has 2 saturated heterocycles. The first-order chi connectivity index (χ1) is 18.9. The zero-order valence-electron chi connectivity index (χ0n) is 21.9. The maximum absolute atomic E-state index is 13.0. The van der Waals surface area contributed by atoms with Gasteiger partial charge in [-0.25, -0.2) is 9.78 Å². The quantitative estimate of drug-likeness (QED) is 0.416. The van der Waals surface area contributed by atoms with Crippen molar-refractivity contribution in [2.45, 2.75) is 69.6 Å². The predicted octanol–water partition coefficient (Wildman–Crippen LogP) is 3.11. The van der Waals surface area contributed by atoms with Crippen molar-refractivity contribution in [3.05, 3.63) is 58.8 Å². The Morgan fingerprint density at radius 3 is 2.67 bits per heavy atom. The number of carbonyl (C=O) groups is 4. The molecule has 4 amide bonds. The van der Waals surface area contributed by atoms with Crippen LogP contribution in [0.5, 0.6) is 0 Å². The highest BCUT2D eigenvalue weighted by molar-refractivity contribution is 6.05. The van der Waals surface area contributed by atoms with Crippen LogP contribution in [-0.4, -0.2) is 64.3 Å². The number of unbranched alkanes of at least 4 members (excludes halogenated alkanes) is 2. The minimum atomic E-state index is -0.588. The molecule has 204 valence electrons. The summed E-state index contributed by atoms with van der Waals surface area (Å²) in [5.74, 6) is -0.169. The van der Waals surface area contributed by atoms with Gasteiger partial charge in [0.05, 0.1) is 0 Å². The second-order valence-electron chi connectivity index (χ2n) is 10.9. The summed E-state index contributed by atoms with van der Waals surface area (Å²) in [6.07, 6.45) is 7.45. The van der Waals surface area contributed by atoms with Gasteiger partial charge < -0.3 is 14.5 Å². The van der Waals surface area contributed by atoms with E-state index in [-0.39, 0.29) is 24.1 Å². The van der Waals surface area contributed by atoms with Crippen molar-refractivity contribution in [2.24, 2.45) is 0 Å². The van der Waals surface area contributed by atoms with Gasteiger partial charge in [-0.2, -0.15) is 0 Å². The first kappa shape index (κ1) is 25.5. The molecular weight excluding hydrogens is 498 g/mol. The van der Waals surface area contributed by atoms with Gasteiger partial charge in [0.15, 0.2) is 0 Å². The molecule has 0 bridgehead atoms. The number of imide groups is 1. The van der Waals surface area contributed by atoms with E-state index in [1.54, 1.807) is 11.1 Å². The van der Waals surface area contributed by atoms with Gasteiger partial charge in [-0.3, -0.25) is 25.0 Å². The lowest BCUT2D eigenvalue weighted by Gasteiger charge is -2.43. The van der Waals surface area contributed by atoms with Crippen LogP contribution >= 0.6 is 0 Å². The molecule has 10 heteroatoms. The van der Waals surface area contributed by atoms with Gasteiger partial charge in [0.1, 0.15) is 17.5 Å². The monoisotopic (exact) mass is 531 g/mol. The molecule has 1 aromatic carbocycles. The Hall–Kier alpha value is -3.79. The minimum Gasteiger partial charge on any atom is -0.438 e. The lowest BCUT2D eigenvalue weighted by molar-refractivity contribution is -0.136. The summed E-state index contributed by atoms with van der Waals surface area (Å²) < 4.78 is 5.80. The number of amides is 4. The van der Waals surface area contributed by atoms with Crippen LogP contribution in [0.2, 0.25) is 0 Å². The number of piperidine rings is 2. The number of carbonyl (C=O) groups excluding carboxylic acids is 4. The summed E-state index contributed by atoms with van der Waals surface area (Å²) in [5, 5.41) is 5.07. The Morgan fingerprint density at radius 1 is 1.00 bits per heavy atom. The third-order valence-corrected chi connectivity index (χ3v) is 8.57. The number of hydrogen-bond donors (Lipinski definition) is 2. The normalized spacial score (nSPS) is 22.3. The van der Waals surface area contributed by atoms with Gasteiger partial charge in [0, 0.05) is 56.2 Å². The zero-order valence-corrected chi connectivity index (χ0v) is 21.9. The Labute approximate surface area is 227 Å². The molecule has 0 aliphatic carbocycles. The number of anilines is 1. The van der Waals surface area contributed by atoms with Crippen molar-refractivity contribution in [3.8, 4) is 0 Å². The predicted molar refractivity (Wildman–Crippen MR) is 142 cm³/mol. The molecule has 10 nitrogen and oxygen atoms in total. The van der Waals surface area contributed by atoms with Gasteiger partial charge >= 0.3 is 6.09 Å². The summed E-state index contributed by atoms with van der Waals surface area (Å²) >= 11 is 0. The minimum absolute atomic E-state index is 0.123.